The monoisotopic (exact) mass is 210 g/mol. The molecule has 3 nitrogen and oxygen atoms in total. The Bertz CT molecular complexity index is 296. The number of rotatable bonds is 3. The van der Waals surface area contributed by atoms with Gasteiger partial charge in [-0.15, -0.1) is 9.34 Å². The van der Waals surface area contributed by atoms with E-state index in [2.05, 4.69) is 42.3 Å². The minimum absolute atomic E-state index is 0.563. The van der Waals surface area contributed by atoms with E-state index >= 15 is 0 Å². The molecule has 0 aliphatic carbocycles. The number of hydrogen-bond donors (Lipinski definition) is 0. The molecule has 76 valence electrons. The molecule has 0 atom stereocenters. The molecule has 1 rings (SSSR count). The lowest BCUT2D eigenvalue weighted by molar-refractivity contribution is 0.585. The SMILES string of the molecule is CN(C)[P+](=Nc1ccccc1)N(C)C. The normalized spacial score (nSPS) is 10.7. The molecule has 0 N–H and O–H groups in total. The maximum Gasteiger partial charge on any atom is 0.403 e. The third kappa shape index (κ3) is 3.18. The summed E-state index contributed by atoms with van der Waals surface area (Å²) in [6, 6.07) is 10.1. The van der Waals surface area contributed by atoms with Crippen LogP contribution in [-0.4, -0.2) is 37.5 Å². The van der Waals surface area contributed by atoms with Crippen molar-refractivity contribution in [1.82, 2.24) is 9.34 Å². The van der Waals surface area contributed by atoms with Gasteiger partial charge in [0.1, 0.15) is 5.69 Å². The van der Waals surface area contributed by atoms with E-state index in [1.807, 2.05) is 30.3 Å². The van der Waals surface area contributed by atoms with Crippen LogP contribution in [0.3, 0.4) is 0 Å². The summed E-state index contributed by atoms with van der Waals surface area (Å²) in [7, 11) is 7.65. The maximum atomic E-state index is 4.67. The van der Waals surface area contributed by atoms with Crippen LogP contribution in [0.2, 0.25) is 0 Å². The van der Waals surface area contributed by atoms with Crippen LogP contribution in [0.5, 0.6) is 0 Å². The fraction of sp³-hybridized carbons (Fsp3) is 0.400. The van der Waals surface area contributed by atoms with Crippen molar-refractivity contribution in [3.63, 3.8) is 0 Å². The average molecular weight is 210 g/mol. The number of benzene rings is 1. The van der Waals surface area contributed by atoms with Gasteiger partial charge in [-0.25, -0.2) is 0 Å². The van der Waals surface area contributed by atoms with E-state index in [-0.39, 0.29) is 0 Å². The van der Waals surface area contributed by atoms with Crippen molar-refractivity contribution in [3.8, 4) is 0 Å². The Hall–Kier alpha value is -0.760. The fourth-order valence-corrected chi connectivity index (χ4v) is 2.55. The first-order chi connectivity index (χ1) is 6.61. The van der Waals surface area contributed by atoms with Gasteiger partial charge < -0.3 is 0 Å². The van der Waals surface area contributed by atoms with Crippen LogP contribution in [0.4, 0.5) is 5.69 Å². The molecule has 0 saturated heterocycles. The van der Waals surface area contributed by atoms with Gasteiger partial charge in [-0.1, -0.05) is 18.2 Å². The van der Waals surface area contributed by atoms with E-state index in [1.54, 1.807) is 0 Å². The molecule has 0 fully saturated rings. The second kappa shape index (κ2) is 5.20. The van der Waals surface area contributed by atoms with Crippen LogP contribution >= 0.6 is 8.01 Å². The first-order valence-corrected chi connectivity index (χ1v) is 5.72. The highest BCUT2D eigenvalue weighted by Gasteiger charge is 2.20. The van der Waals surface area contributed by atoms with Gasteiger partial charge in [-0.2, -0.15) is 0 Å². The predicted octanol–water partition coefficient (Wildman–Crippen LogP) is 2.94. The Morgan fingerprint density at radius 1 is 0.929 bits per heavy atom. The van der Waals surface area contributed by atoms with Crippen molar-refractivity contribution in [2.75, 3.05) is 28.2 Å². The molecule has 0 heterocycles. The number of hydrogen-bond acceptors (Lipinski definition) is 1. The minimum atomic E-state index is -0.563. The van der Waals surface area contributed by atoms with E-state index in [9.17, 15) is 0 Å². The van der Waals surface area contributed by atoms with Crippen LogP contribution in [0.25, 0.3) is 0 Å². The quantitative estimate of drug-likeness (QED) is 0.714. The molecular formula is C10H17N3P+. The van der Waals surface area contributed by atoms with Gasteiger partial charge >= 0.3 is 8.01 Å². The molecular weight excluding hydrogens is 193 g/mol. The molecule has 0 bridgehead atoms. The third-order valence-electron chi connectivity index (χ3n) is 1.68. The molecule has 0 aliphatic rings. The third-order valence-corrected chi connectivity index (χ3v) is 3.52. The molecule has 1 aromatic carbocycles. The largest absolute Gasteiger partial charge is 0.403 e. The van der Waals surface area contributed by atoms with Gasteiger partial charge in [-0.3, -0.25) is 0 Å². The van der Waals surface area contributed by atoms with Gasteiger partial charge in [0.25, 0.3) is 0 Å². The zero-order chi connectivity index (χ0) is 10.6. The smallest absolute Gasteiger partial charge is 0.102 e. The summed E-state index contributed by atoms with van der Waals surface area (Å²) in [4.78, 5) is 0. The fourth-order valence-electron chi connectivity index (χ4n) is 1.13. The second-order valence-corrected chi connectivity index (χ2v) is 5.73. The van der Waals surface area contributed by atoms with Gasteiger partial charge in [0, 0.05) is 28.2 Å². The zero-order valence-electron chi connectivity index (χ0n) is 9.18. The van der Waals surface area contributed by atoms with Gasteiger partial charge in [-0.05, 0) is 16.9 Å². The standard InChI is InChI=1S/C10H17N3P/c1-12(2)14(13(3)4)11-10-8-6-5-7-9-10/h5-9H,1-4H3/q+1. The molecule has 1 aromatic rings. The van der Waals surface area contributed by atoms with Crippen LogP contribution in [0, 0.1) is 0 Å². The van der Waals surface area contributed by atoms with E-state index in [0.717, 1.165) is 5.69 Å². The Kier molecular flexibility index (Phi) is 4.21. The molecule has 4 heteroatoms. The molecule has 0 spiro atoms. The zero-order valence-corrected chi connectivity index (χ0v) is 10.1. The highest BCUT2D eigenvalue weighted by Crippen LogP contribution is 2.34. The molecule has 14 heavy (non-hydrogen) atoms. The number of nitrogens with zero attached hydrogens (tertiary/aromatic N) is 3. The van der Waals surface area contributed by atoms with Crippen molar-refractivity contribution in [3.05, 3.63) is 30.3 Å². The minimum Gasteiger partial charge on any atom is -0.102 e. The summed E-state index contributed by atoms with van der Waals surface area (Å²) in [5.74, 6) is 0. The maximum absolute atomic E-state index is 4.67. The van der Waals surface area contributed by atoms with E-state index in [0.29, 0.717) is 0 Å². The van der Waals surface area contributed by atoms with Crippen molar-refractivity contribution >= 4 is 13.7 Å². The summed E-state index contributed by atoms with van der Waals surface area (Å²) in [6.07, 6.45) is 0. The van der Waals surface area contributed by atoms with Gasteiger partial charge in [0.05, 0.1) is 0 Å². The lowest BCUT2D eigenvalue weighted by Gasteiger charge is -2.04. The first-order valence-electron chi connectivity index (χ1n) is 4.52. The Morgan fingerprint density at radius 3 is 1.86 bits per heavy atom. The molecule has 0 saturated carbocycles. The predicted molar refractivity (Wildman–Crippen MR) is 62.8 cm³/mol. The van der Waals surface area contributed by atoms with Crippen LogP contribution in [0.15, 0.2) is 35.1 Å². The Labute approximate surface area is 86.9 Å². The Morgan fingerprint density at radius 2 is 1.43 bits per heavy atom. The van der Waals surface area contributed by atoms with Crippen molar-refractivity contribution < 1.29 is 0 Å². The second-order valence-electron chi connectivity index (χ2n) is 3.40. The van der Waals surface area contributed by atoms with E-state index in [4.69, 9.17) is 0 Å². The van der Waals surface area contributed by atoms with Gasteiger partial charge in [0.15, 0.2) is 0 Å². The van der Waals surface area contributed by atoms with E-state index < -0.39 is 8.01 Å². The molecule has 0 amide bonds. The molecule has 0 unspecified atom stereocenters. The molecule has 0 aromatic heterocycles. The highest BCUT2D eigenvalue weighted by atomic mass is 31.1. The summed E-state index contributed by atoms with van der Waals surface area (Å²) < 4.78 is 8.96. The van der Waals surface area contributed by atoms with Crippen LogP contribution in [0.1, 0.15) is 0 Å². The molecule has 0 radical (unpaired) electrons. The summed E-state index contributed by atoms with van der Waals surface area (Å²) in [5.41, 5.74) is 1.04. The van der Waals surface area contributed by atoms with E-state index in [1.165, 1.54) is 0 Å². The average Bonchev–Trinajstić information content (AvgIpc) is 2.15. The topological polar surface area (TPSA) is 18.8 Å². The van der Waals surface area contributed by atoms with Crippen LogP contribution in [-0.2, 0) is 0 Å². The Balaban J connectivity index is 2.94. The molecule has 0 aliphatic heterocycles. The first kappa shape index (κ1) is 11.3. The lowest BCUT2D eigenvalue weighted by Crippen LogP contribution is -2.11. The van der Waals surface area contributed by atoms with Crippen LogP contribution < -0.4 is 0 Å². The summed E-state index contributed by atoms with van der Waals surface area (Å²) in [6.45, 7) is 0. The van der Waals surface area contributed by atoms with Crippen molar-refractivity contribution in [1.29, 1.82) is 0 Å². The van der Waals surface area contributed by atoms with Crippen molar-refractivity contribution in [2.45, 2.75) is 0 Å². The van der Waals surface area contributed by atoms with Crippen molar-refractivity contribution in [2.24, 2.45) is 4.74 Å². The lowest BCUT2D eigenvalue weighted by atomic mass is 10.3. The summed E-state index contributed by atoms with van der Waals surface area (Å²) in [5, 5.41) is 0. The highest BCUT2D eigenvalue weighted by molar-refractivity contribution is 7.42. The summed E-state index contributed by atoms with van der Waals surface area (Å²) >= 11 is 0. The van der Waals surface area contributed by atoms with Gasteiger partial charge in [0.2, 0.25) is 0 Å².